The van der Waals surface area contributed by atoms with Gasteiger partial charge < -0.3 is 4.52 Å². The molecule has 2 aromatic heterocycles. The lowest BCUT2D eigenvalue weighted by atomic mass is 10.0. The van der Waals surface area contributed by atoms with Gasteiger partial charge in [0.25, 0.3) is 5.89 Å². The predicted molar refractivity (Wildman–Crippen MR) is 105 cm³/mol. The Balaban J connectivity index is 1.56. The quantitative estimate of drug-likeness (QED) is 0.653. The standard InChI is InChI=1S/C19H21N3O3S2/c1-13-7-10-22(11-8-13)27(23,24)16-5-3-15(4-6-16)18-20-19(25-21-18)17-14(2)9-12-26-17/h3-6,9,12-13H,7-8,10-11H2,1-2H3. The third kappa shape index (κ3) is 3.56. The fourth-order valence-corrected chi connectivity index (χ4v) is 5.49. The van der Waals surface area contributed by atoms with Crippen molar-refractivity contribution in [2.75, 3.05) is 13.1 Å². The van der Waals surface area contributed by atoms with Gasteiger partial charge >= 0.3 is 0 Å². The minimum atomic E-state index is -3.45. The van der Waals surface area contributed by atoms with Gasteiger partial charge in [-0.3, -0.25) is 0 Å². The van der Waals surface area contributed by atoms with Crippen LogP contribution in [0.2, 0.25) is 0 Å². The number of rotatable bonds is 4. The van der Waals surface area contributed by atoms with Crippen molar-refractivity contribution in [1.29, 1.82) is 0 Å². The van der Waals surface area contributed by atoms with Gasteiger partial charge in [-0.2, -0.15) is 9.29 Å². The van der Waals surface area contributed by atoms with Crippen LogP contribution < -0.4 is 0 Å². The molecule has 3 heterocycles. The first kappa shape index (κ1) is 18.3. The summed E-state index contributed by atoms with van der Waals surface area (Å²) in [6, 6.07) is 8.71. The zero-order chi connectivity index (χ0) is 19.0. The predicted octanol–water partition coefficient (Wildman–Crippen LogP) is 4.19. The van der Waals surface area contributed by atoms with E-state index in [2.05, 4.69) is 17.1 Å². The Bertz CT molecular complexity index is 1030. The molecular formula is C19H21N3O3S2. The van der Waals surface area contributed by atoms with Crippen molar-refractivity contribution in [3.63, 3.8) is 0 Å². The van der Waals surface area contributed by atoms with Crippen LogP contribution in [0.1, 0.15) is 25.3 Å². The fraction of sp³-hybridized carbons (Fsp3) is 0.368. The Kier molecular flexibility index (Phi) is 4.88. The van der Waals surface area contributed by atoms with E-state index in [9.17, 15) is 8.42 Å². The van der Waals surface area contributed by atoms with Crippen LogP contribution >= 0.6 is 11.3 Å². The molecule has 4 rings (SSSR count). The Hall–Kier alpha value is -2.03. The maximum atomic E-state index is 12.8. The second-order valence-electron chi connectivity index (χ2n) is 6.97. The number of thiophene rings is 1. The average molecular weight is 404 g/mol. The Morgan fingerprint density at radius 1 is 1.15 bits per heavy atom. The zero-order valence-corrected chi connectivity index (χ0v) is 16.9. The van der Waals surface area contributed by atoms with Crippen LogP contribution in [0.25, 0.3) is 22.2 Å². The van der Waals surface area contributed by atoms with Crippen LogP contribution in [0.5, 0.6) is 0 Å². The summed E-state index contributed by atoms with van der Waals surface area (Å²) in [5.41, 5.74) is 1.82. The first-order valence-corrected chi connectivity index (χ1v) is 11.3. The molecule has 0 unspecified atom stereocenters. The van der Waals surface area contributed by atoms with Crippen LogP contribution in [0.3, 0.4) is 0 Å². The van der Waals surface area contributed by atoms with Gasteiger partial charge in [-0.1, -0.05) is 12.1 Å². The van der Waals surface area contributed by atoms with Gasteiger partial charge in [0.15, 0.2) is 0 Å². The summed E-state index contributed by atoms with van der Waals surface area (Å²) in [6.45, 7) is 5.32. The molecule has 1 aromatic carbocycles. The molecule has 1 fully saturated rings. The maximum Gasteiger partial charge on any atom is 0.268 e. The lowest BCUT2D eigenvalue weighted by Crippen LogP contribution is -2.37. The van der Waals surface area contributed by atoms with E-state index in [4.69, 9.17) is 4.52 Å². The van der Waals surface area contributed by atoms with E-state index >= 15 is 0 Å². The second-order valence-corrected chi connectivity index (χ2v) is 9.82. The Morgan fingerprint density at radius 2 is 1.85 bits per heavy atom. The van der Waals surface area contributed by atoms with Crippen LogP contribution in [0, 0.1) is 12.8 Å². The lowest BCUT2D eigenvalue weighted by molar-refractivity contribution is 0.288. The normalized spacial score (nSPS) is 16.7. The molecule has 1 aliphatic rings. The summed E-state index contributed by atoms with van der Waals surface area (Å²) >= 11 is 1.55. The van der Waals surface area contributed by atoms with Gasteiger partial charge in [0.1, 0.15) is 0 Å². The second kappa shape index (κ2) is 7.18. The van der Waals surface area contributed by atoms with Gasteiger partial charge in [-0.25, -0.2) is 8.42 Å². The number of benzene rings is 1. The summed E-state index contributed by atoms with van der Waals surface area (Å²) < 4.78 is 32.6. The number of hydrogen-bond donors (Lipinski definition) is 0. The van der Waals surface area contributed by atoms with Crippen LogP contribution in [0.4, 0.5) is 0 Å². The largest absolute Gasteiger partial charge is 0.333 e. The van der Waals surface area contributed by atoms with Crippen molar-refractivity contribution >= 4 is 21.4 Å². The van der Waals surface area contributed by atoms with E-state index in [1.165, 1.54) is 0 Å². The fourth-order valence-electron chi connectivity index (χ4n) is 3.18. The molecule has 0 bridgehead atoms. The summed E-state index contributed by atoms with van der Waals surface area (Å²) in [7, 11) is -3.45. The summed E-state index contributed by atoms with van der Waals surface area (Å²) in [5, 5.41) is 6.02. The topological polar surface area (TPSA) is 76.3 Å². The molecule has 1 aliphatic heterocycles. The highest BCUT2D eigenvalue weighted by molar-refractivity contribution is 7.89. The number of aromatic nitrogens is 2. The Morgan fingerprint density at radius 3 is 2.48 bits per heavy atom. The highest BCUT2D eigenvalue weighted by atomic mass is 32.2. The first-order chi connectivity index (χ1) is 12.9. The van der Waals surface area contributed by atoms with Gasteiger partial charge in [0, 0.05) is 18.7 Å². The van der Waals surface area contributed by atoms with Crippen molar-refractivity contribution < 1.29 is 12.9 Å². The minimum Gasteiger partial charge on any atom is -0.333 e. The van der Waals surface area contributed by atoms with Gasteiger partial charge in [0.05, 0.1) is 9.77 Å². The minimum absolute atomic E-state index is 0.304. The molecule has 142 valence electrons. The third-order valence-corrected chi connectivity index (χ3v) is 7.89. The molecule has 0 saturated carbocycles. The van der Waals surface area contributed by atoms with E-state index < -0.39 is 10.0 Å². The molecule has 0 atom stereocenters. The summed E-state index contributed by atoms with van der Waals surface area (Å²) in [4.78, 5) is 5.70. The molecule has 0 spiro atoms. The van der Waals surface area contributed by atoms with Crippen molar-refractivity contribution in [2.45, 2.75) is 31.6 Å². The van der Waals surface area contributed by atoms with Crippen LogP contribution in [-0.2, 0) is 10.0 Å². The highest BCUT2D eigenvalue weighted by Gasteiger charge is 2.28. The van der Waals surface area contributed by atoms with E-state index in [-0.39, 0.29) is 0 Å². The smallest absolute Gasteiger partial charge is 0.268 e. The summed E-state index contributed by atoms with van der Waals surface area (Å²) in [5.74, 6) is 1.52. The van der Waals surface area contributed by atoms with Crippen molar-refractivity contribution in [1.82, 2.24) is 14.4 Å². The molecule has 0 N–H and O–H groups in total. The molecule has 0 aliphatic carbocycles. The summed E-state index contributed by atoms with van der Waals surface area (Å²) in [6.07, 6.45) is 1.82. The number of hydrogen-bond acceptors (Lipinski definition) is 6. The molecule has 27 heavy (non-hydrogen) atoms. The van der Waals surface area contributed by atoms with E-state index in [1.807, 2.05) is 18.4 Å². The third-order valence-electron chi connectivity index (χ3n) is 4.98. The molecule has 6 nitrogen and oxygen atoms in total. The number of nitrogens with zero attached hydrogens (tertiary/aromatic N) is 3. The first-order valence-electron chi connectivity index (χ1n) is 8.94. The number of sulfonamides is 1. The van der Waals surface area contributed by atoms with Crippen molar-refractivity contribution in [3.05, 3.63) is 41.3 Å². The molecule has 1 saturated heterocycles. The van der Waals surface area contributed by atoms with E-state index in [0.29, 0.717) is 35.6 Å². The van der Waals surface area contributed by atoms with Gasteiger partial charge in [0.2, 0.25) is 15.8 Å². The monoisotopic (exact) mass is 403 g/mol. The Labute approximate surface area is 162 Å². The van der Waals surface area contributed by atoms with Crippen molar-refractivity contribution in [2.24, 2.45) is 5.92 Å². The highest BCUT2D eigenvalue weighted by Crippen LogP contribution is 2.30. The molecule has 8 heteroatoms. The van der Waals surface area contributed by atoms with Crippen molar-refractivity contribution in [3.8, 4) is 22.2 Å². The molecule has 0 radical (unpaired) electrons. The number of aryl methyl sites for hydroxylation is 1. The lowest BCUT2D eigenvalue weighted by Gasteiger charge is -2.29. The molecule has 0 amide bonds. The van der Waals surface area contributed by atoms with E-state index in [0.717, 1.165) is 28.8 Å². The molecular weight excluding hydrogens is 382 g/mol. The maximum absolute atomic E-state index is 12.8. The van der Waals surface area contributed by atoms with Crippen LogP contribution in [-0.4, -0.2) is 36.0 Å². The van der Waals surface area contributed by atoms with Gasteiger partial charge in [-0.05, 0) is 67.0 Å². The SMILES string of the molecule is Cc1ccsc1-c1nc(-c2ccc(S(=O)(=O)N3CCC(C)CC3)cc2)no1. The van der Waals surface area contributed by atoms with E-state index in [1.54, 1.807) is 39.9 Å². The molecule has 3 aromatic rings. The van der Waals surface area contributed by atoms with Gasteiger partial charge in [-0.15, -0.1) is 11.3 Å². The zero-order valence-electron chi connectivity index (χ0n) is 15.3. The van der Waals surface area contributed by atoms with Crippen LogP contribution in [0.15, 0.2) is 45.1 Å². The number of piperidine rings is 1. The average Bonchev–Trinajstić information content (AvgIpc) is 3.31.